The van der Waals surface area contributed by atoms with Crippen molar-refractivity contribution in [1.29, 1.82) is 0 Å². The first-order valence-electron chi connectivity index (χ1n) is 11.9. The van der Waals surface area contributed by atoms with E-state index in [-0.39, 0.29) is 23.4 Å². The number of ether oxygens (including phenoxy) is 4. The van der Waals surface area contributed by atoms with Crippen LogP contribution in [0.25, 0.3) is 11.0 Å². The number of methoxy groups -OCH3 is 3. The van der Waals surface area contributed by atoms with Crippen molar-refractivity contribution >= 4 is 28.5 Å². The van der Waals surface area contributed by atoms with Crippen LogP contribution >= 0.6 is 0 Å². The number of para-hydroxylation sites is 1. The van der Waals surface area contributed by atoms with E-state index >= 15 is 0 Å². The molecule has 9 heteroatoms. The smallest absolute Gasteiger partial charge is 0.338 e. The van der Waals surface area contributed by atoms with Crippen molar-refractivity contribution in [2.75, 3.05) is 32.8 Å². The second-order valence-corrected chi connectivity index (χ2v) is 8.47. The summed E-state index contributed by atoms with van der Waals surface area (Å²) in [7, 11) is 4.47. The summed E-state index contributed by atoms with van der Waals surface area (Å²) in [5.74, 6) is 0.0852. The lowest BCUT2D eigenvalue weighted by atomic mass is 9.97. The zero-order valence-corrected chi connectivity index (χ0v) is 21.3. The summed E-state index contributed by atoms with van der Waals surface area (Å²) in [5.41, 5.74) is 1.52. The van der Waals surface area contributed by atoms with Crippen molar-refractivity contribution in [2.45, 2.75) is 13.0 Å². The fourth-order valence-corrected chi connectivity index (χ4v) is 4.73. The third-order valence-electron chi connectivity index (χ3n) is 6.44. The van der Waals surface area contributed by atoms with E-state index in [1.54, 1.807) is 67.6 Å². The number of esters is 1. The van der Waals surface area contributed by atoms with Crippen LogP contribution in [0.1, 0.15) is 45.0 Å². The molecule has 0 fully saturated rings. The third kappa shape index (κ3) is 3.92. The zero-order valence-electron chi connectivity index (χ0n) is 21.3. The van der Waals surface area contributed by atoms with E-state index in [9.17, 15) is 14.4 Å². The average Bonchev–Trinajstić information content (AvgIpc) is 3.24. The molecule has 0 radical (unpaired) electrons. The Morgan fingerprint density at radius 3 is 2.18 bits per heavy atom. The molecule has 0 saturated carbocycles. The molecule has 1 aromatic heterocycles. The quantitative estimate of drug-likeness (QED) is 0.325. The molecule has 0 spiro atoms. The number of carbonyl (C=O) groups excluding carboxylic acids is 2. The van der Waals surface area contributed by atoms with E-state index in [4.69, 9.17) is 23.4 Å². The topological polar surface area (TPSA) is 105 Å². The first-order valence-corrected chi connectivity index (χ1v) is 11.9. The standard InChI is InChI=1S/C29H25NO8/c1-5-37-29(33)16-10-12-18(13-11-16)30-24(17-14-21(34-2)26(36-4)22(15-17)35-3)23-25(31)19-8-6-7-9-20(19)38-27(23)28(30)32/h6-15,24H,5H2,1-4H3. The van der Waals surface area contributed by atoms with Crippen molar-refractivity contribution in [3.63, 3.8) is 0 Å². The molecule has 1 aliphatic rings. The molecular weight excluding hydrogens is 490 g/mol. The molecule has 2 heterocycles. The van der Waals surface area contributed by atoms with Crippen LogP contribution in [0, 0.1) is 0 Å². The van der Waals surface area contributed by atoms with E-state index in [2.05, 4.69) is 0 Å². The Balaban J connectivity index is 1.75. The number of hydrogen-bond donors (Lipinski definition) is 0. The van der Waals surface area contributed by atoms with Gasteiger partial charge in [-0.3, -0.25) is 14.5 Å². The molecule has 0 aliphatic carbocycles. The van der Waals surface area contributed by atoms with E-state index in [0.29, 0.717) is 45.0 Å². The van der Waals surface area contributed by atoms with Gasteiger partial charge in [0, 0.05) is 5.69 Å². The minimum absolute atomic E-state index is 0.0538. The number of carbonyl (C=O) groups is 2. The molecule has 3 aromatic carbocycles. The summed E-state index contributed by atoms with van der Waals surface area (Å²) in [6.07, 6.45) is 0. The van der Waals surface area contributed by atoms with Gasteiger partial charge in [-0.1, -0.05) is 12.1 Å². The Bertz CT molecular complexity index is 1580. The molecule has 1 unspecified atom stereocenters. The first kappa shape index (κ1) is 24.9. The molecular formula is C29H25NO8. The minimum Gasteiger partial charge on any atom is -0.493 e. The van der Waals surface area contributed by atoms with Gasteiger partial charge < -0.3 is 23.4 Å². The number of amides is 1. The second kappa shape index (κ2) is 9.93. The predicted molar refractivity (Wildman–Crippen MR) is 140 cm³/mol. The molecule has 194 valence electrons. The Hall–Kier alpha value is -4.79. The highest BCUT2D eigenvalue weighted by Gasteiger charge is 2.44. The molecule has 0 saturated heterocycles. The highest BCUT2D eigenvalue weighted by Crippen LogP contribution is 2.46. The number of hydrogen-bond acceptors (Lipinski definition) is 8. The Kier molecular flexibility index (Phi) is 6.50. The van der Waals surface area contributed by atoms with Crippen molar-refractivity contribution < 1.29 is 33.0 Å². The van der Waals surface area contributed by atoms with Gasteiger partial charge in [-0.2, -0.15) is 0 Å². The molecule has 0 N–H and O–H groups in total. The number of nitrogens with zero attached hydrogens (tertiary/aromatic N) is 1. The Morgan fingerprint density at radius 2 is 1.58 bits per heavy atom. The van der Waals surface area contributed by atoms with Crippen LogP contribution in [-0.2, 0) is 4.74 Å². The van der Waals surface area contributed by atoms with Gasteiger partial charge in [0.2, 0.25) is 11.5 Å². The normalized spacial score (nSPS) is 14.4. The average molecular weight is 516 g/mol. The van der Waals surface area contributed by atoms with Crippen molar-refractivity contribution in [3.05, 3.63) is 93.3 Å². The van der Waals surface area contributed by atoms with Gasteiger partial charge in [0.05, 0.1) is 50.5 Å². The monoisotopic (exact) mass is 515 g/mol. The van der Waals surface area contributed by atoms with Crippen LogP contribution in [0.3, 0.4) is 0 Å². The van der Waals surface area contributed by atoms with Gasteiger partial charge in [0.15, 0.2) is 16.9 Å². The largest absolute Gasteiger partial charge is 0.493 e. The maximum atomic E-state index is 13.8. The second-order valence-electron chi connectivity index (χ2n) is 8.47. The lowest BCUT2D eigenvalue weighted by Crippen LogP contribution is -2.29. The zero-order chi connectivity index (χ0) is 27.0. The number of fused-ring (bicyclic) bond motifs is 2. The van der Waals surface area contributed by atoms with E-state index < -0.39 is 17.9 Å². The summed E-state index contributed by atoms with van der Waals surface area (Å²) in [4.78, 5) is 41.3. The fraction of sp³-hybridized carbons (Fsp3) is 0.207. The fourth-order valence-electron chi connectivity index (χ4n) is 4.73. The van der Waals surface area contributed by atoms with Crippen LogP contribution in [0.5, 0.6) is 17.2 Å². The van der Waals surface area contributed by atoms with Crippen molar-refractivity contribution in [2.24, 2.45) is 0 Å². The summed E-state index contributed by atoms with van der Waals surface area (Å²) >= 11 is 0. The highest BCUT2D eigenvalue weighted by molar-refractivity contribution is 6.11. The van der Waals surface area contributed by atoms with Gasteiger partial charge in [-0.25, -0.2) is 4.79 Å². The van der Waals surface area contributed by atoms with Gasteiger partial charge in [0.1, 0.15) is 5.58 Å². The van der Waals surface area contributed by atoms with Gasteiger partial charge in [-0.15, -0.1) is 0 Å². The summed E-state index contributed by atoms with van der Waals surface area (Å²) in [6.45, 7) is 1.97. The summed E-state index contributed by atoms with van der Waals surface area (Å²) in [6, 6.07) is 15.7. The van der Waals surface area contributed by atoms with Crippen LogP contribution < -0.4 is 24.5 Å². The van der Waals surface area contributed by atoms with Gasteiger partial charge >= 0.3 is 5.97 Å². The summed E-state index contributed by atoms with van der Waals surface area (Å²) < 4.78 is 27.6. The Morgan fingerprint density at radius 1 is 0.921 bits per heavy atom. The van der Waals surface area contributed by atoms with E-state index in [1.807, 2.05) is 0 Å². The van der Waals surface area contributed by atoms with Crippen LogP contribution in [0.4, 0.5) is 5.69 Å². The van der Waals surface area contributed by atoms with Crippen LogP contribution in [0.15, 0.2) is 69.9 Å². The predicted octanol–water partition coefficient (Wildman–Crippen LogP) is 4.75. The molecule has 1 atom stereocenters. The molecule has 9 nitrogen and oxygen atoms in total. The lowest BCUT2D eigenvalue weighted by Gasteiger charge is -2.26. The first-order chi connectivity index (χ1) is 18.4. The van der Waals surface area contributed by atoms with Gasteiger partial charge in [0.25, 0.3) is 5.91 Å². The third-order valence-corrected chi connectivity index (χ3v) is 6.44. The van der Waals surface area contributed by atoms with E-state index in [1.165, 1.54) is 26.2 Å². The number of benzene rings is 3. The highest BCUT2D eigenvalue weighted by atomic mass is 16.5. The Labute approximate surface area is 218 Å². The van der Waals surface area contributed by atoms with Crippen LogP contribution in [-0.4, -0.2) is 39.8 Å². The molecule has 4 aromatic rings. The van der Waals surface area contributed by atoms with Crippen molar-refractivity contribution in [3.8, 4) is 17.2 Å². The van der Waals surface area contributed by atoms with Crippen LogP contribution in [0.2, 0.25) is 0 Å². The molecule has 1 aliphatic heterocycles. The molecule has 38 heavy (non-hydrogen) atoms. The maximum absolute atomic E-state index is 13.8. The van der Waals surface area contributed by atoms with Crippen molar-refractivity contribution in [1.82, 2.24) is 0 Å². The minimum atomic E-state index is -0.875. The summed E-state index contributed by atoms with van der Waals surface area (Å²) in [5, 5.41) is 0.357. The lowest BCUT2D eigenvalue weighted by molar-refractivity contribution is 0.0526. The number of anilines is 1. The molecule has 5 rings (SSSR count). The molecule has 1 amide bonds. The van der Waals surface area contributed by atoms with E-state index in [0.717, 1.165) is 0 Å². The number of rotatable bonds is 7. The molecule has 0 bridgehead atoms. The SMILES string of the molecule is CCOC(=O)c1ccc(N2C(=O)c3oc4ccccc4c(=O)c3C2c2cc(OC)c(OC)c(OC)c2)cc1. The van der Waals surface area contributed by atoms with Gasteiger partial charge in [-0.05, 0) is 61.0 Å². The maximum Gasteiger partial charge on any atom is 0.338 e.